The van der Waals surface area contributed by atoms with E-state index in [-0.39, 0.29) is 23.8 Å². The summed E-state index contributed by atoms with van der Waals surface area (Å²) in [5.74, 6) is 2.20. The molecule has 1 unspecified atom stereocenters. The average Bonchev–Trinajstić information content (AvgIpc) is 3.52. The number of hydrogen-bond acceptors (Lipinski definition) is 8. The average molecular weight is 581 g/mol. The summed E-state index contributed by atoms with van der Waals surface area (Å²) < 4.78 is 13.1. The molecule has 1 aromatic heterocycles. The number of hydrogen-bond donors (Lipinski definition) is 1. The number of thioether (sulfide) groups is 1. The number of fused-ring (bicyclic) bond motifs is 1. The molecule has 10 heteroatoms. The number of thiocarbonyl (C=S) groups is 1. The summed E-state index contributed by atoms with van der Waals surface area (Å²) >= 11 is 6.90. The van der Waals surface area contributed by atoms with Crippen LogP contribution in [-0.2, 0) is 17.9 Å². The van der Waals surface area contributed by atoms with E-state index in [1.165, 1.54) is 11.8 Å². The lowest BCUT2D eigenvalue weighted by Gasteiger charge is -2.22. The molecule has 212 valence electrons. The van der Waals surface area contributed by atoms with Crippen molar-refractivity contribution in [2.24, 2.45) is 5.92 Å². The summed E-state index contributed by atoms with van der Waals surface area (Å²) in [5, 5.41) is 13.3. The van der Waals surface area contributed by atoms with Crippen LogP contribution in [0.25, 0.3) is 6.08 Å². The van der Waals surface area contributed by atoms with Crippen molar-refractivity contribution in [2.45, 2.75) is 72.9 Å². The van der Waals surface area contributed by atoms with Gasteiger partial charge < -0.3 is 14.8 Å². The van der Waals surface area contributed by atoms with Crippen LogP contribution in [0, 0.1) is 24.2 Å². The molecule has 0 radical (unpaired) electrons. The number of anilines is 1. The van der Waals surface area contributed by atoms with Gasteiger partial charge in [0.1, 0.15) is 21.8 Å². The number of carbonyl (C=O) groups excluding carboxylic acids is 1. The molecule has 4 rings (SSSR count). The van der Waals surface area contributed by atoms with Crippen LogP contribution in [0.15, 0.2) is 27.9 Å². The fourth-order valence-electron chi connectivity index (χ4n) is 4.99. The molecular weight excluding hydrogens is 544 g/mol. The number of nitrogens with zero attached hydrogens (tertiary/aromatic N) is 3. The van der Waals surface area contributed by atoms with Crippen molar-refractivity contribution in [3.63, 3.8) is 0 Å². The van der Waals surface area contributed by atoms with Gasteiger partial charge in [0.2, 0.25) is 6.79 Å². The van der Waals surface area contributed by atoms with Crippen molar-refractivity contribution >= 4 is 46.1 Å². The van der Waals surface area contributed by atoms with E-state index in [2.05, 4.69) is 25.2 Å². The molecule has 0 spiro atoms. The van der Waals surface area contributed by atoms with Crippen LogP contribution >= 0.6 is 24.0 Å². The Hall–Kier alpha value is -3.29. The molecule has 1 atom stereocenters. The summed E-state index contributed by atoms with van der Waals surface area (Å²) in [6.45, 7) is 9.68. The van der Waals surface area contributed by atoms with Gasteiger partial charge in [-0.2, -0.15) is 5.26 Å². The van der Waals surface area contributed by atoms with Gasteiger partial charge in [0.25, 0.3) is 11.5 Å². The second-order valence-corrected chi connectivity index (χ2v) is 11.8. The number of carbonyl (C=O) groups is 1. The van der Waals surface area contributed by atoms with E-state index in [9.17, 15) is 14.9 Å². The molecule has 0 bridgehead atoms. The lowest BCUT2D eigenvalue weighted by Crippen LogP contribution is -2.33. The molecule has 3 heterocycles. The quantitative estimate of drug-likeness (QED) is 0.234. The summed E-state index contributed by atoms with van der Waals surface area (Å²) in [5.41, 5.74) is 1.85. The van der Waals surface area contributed by atoms with Gasteiger partial charge in [-0.3, -0.25) is 19.1 Å². The number of nitriles is 1. The van der Waals surface area contributed by atoms with Crippen LogP contribution in [-0.4, -0.2) is 33.0 Å². The van der Waals surface area contributed by atoms with Crippen molar-refractivity contribution in [1.29, 1.82) is 5.26 Å². The van der Waals surface area contributed by atoms with E-state index >= 15 is 0 Å². The molecule has 2 aliphatic rings. The largest absolute Gasteiger partial charge is 0.454 e. The van der Waals surface area contributed by atoms with Crippen LogP contribution < -0.4 is 20.3 Å². The summed E-state index contributed by atoms with van der Waals surface area (Å²) in [6.07, 6.45) is 6.77. The standard InChI is InChI=1S/C30H36N4O4S2/c1-5-8-9-20(7-3)17-34-29(36)26(40-30(34)39)14-22-19(4)23(15-31)28(35)33(12-6-2)27(22)32-16-21-10-11-24-25(13-21)38-18-37-24/h10-11,13-14,20,32H,5-9,12,16-18H2,1-4H3/b26-14+. The fraction of sp³-hybridized carbons (Fsp3) is 0.467. The molecule has 2 aliphatic heterocycles. The molecule has 1 saturated heterocycles. The van der Waals surface area contributed by atoms with Crippen LogP contribution in [0.1, 0.15) is 75.1 Å². The van der Waals surface area contributed by atoms with E-state index in [4.69, 9.17) is 21.7 Å². The SMILES string of the molecule is CCCCC(CC)CN1C(=O)/C(=C\c2c(C)c(C#N)c(=O)n(CCC)c2NCc2ccc3c(c2)OCO3)SC1=S. The third-order valence-corrected chi connectivity index (χ3v) is 8.73. The maximum Gasteiger partial charge on any atom is 0.270 e. The summed E-state index contributed by atoms with van der Waals surface area (Å²) in [7, 11) is 0. The second-order valence-electron chi connectivity index (χ2n) is 10.1. The van der Waals surface area contributed by atoms with Crippen LogP contribution in [0.4, 0.5) is 5.82 Å². The Morgan fingerprint density at radius 2 is 1.98 bits per heavy atom. The van der Waals surface area contributed by atoms with Crippen molar-refractivity contribution in [3.05, 3.63) is 55.7 Å². The molecule has 0 saturated carbocycles. The molecule has 1 aromatic carbocycles. The number of benzene rings is 1. The highest BCUT2D eigenvalue weighted by molar-refractivity contribution is 8.26. The number of unbranched alkanes of at least 4 members (excludes halogenated alkanes) is 1. The first-order valence-electron chi connectivity index (χ1n) is 13.9. The Balaban J connectivity index is 1.72. The monoisotopic (exact) mass is 580 g/mol. The zero-order chi connectivity index (χ0) is 28.8. The van der Waals surface area contributed by atoms with Gasteiger partial charge in [0.15, 0.2) is 11.5 Å². The van der Waals surface area contributed by atoms with E-state index in [1.807, 2.05) is 25.1 Å². The van der Waals surface area contributed by atoms with Gasteiger partial charge in [-0.1, -0.05) is 70.1 Å². The summed E-state index contributed by atoms with van der Waals surface area (Å²) in [4.78, 5) is 29.1. The van der Waals surface area contributed by atoms with Crippen LogP contribution in [0.5, 0.6) is 11.5 Å². The van der Waals surface area contributed by atoms with E-state index in [1.54, 1.807) is 22.5 Å². The Morgan fingerprint density at radius 3 is 2.67 bits per heavy atom. The molecule has 2 aromatic rings. The number of aromatic nitrogens is 1. The molecule has 8 nitrogen and oxygen atoms in total. The molecule has 1 amide bonds. The topological polar surface area (TPSA) is 96.6 Å². The van der Waals surface area contributed by atoms with Gasteiger partial charge in [0.05, 0.1) is 4.91 Å². The van der Waals surface area contributed by atoms with Crippen molar-refractivity contribution < 1.29 is 14.3 Å². The lowest BCUT2D eigenvalue weighted by molar-refractivity contribution is -0.122. The number of nitrogens with one attached hydrogen (secondary N) is 1. The minimum absolute atomic E-state index is 0.0782. The minimum atomic E-state index is -0.346. The van der Waals surface area contributed by atoms with Gasteiger partial charge in [0, 0.05) is 25.2 Å². The summed E-state index contributed by atoms with van der Waals surface area (Å²) in [6, 6.07) is 7.79. The number of amides is 1. The normalized spacial score (nSPS) is 16.1. The Morgan fingerprint density at radius 1 is 1.20 bits per heavy atom. The third-order valence-electron chi connectivity index (χ3n) is 7.35. The molecule has 40 heavy (non-hydrogen) atoms. The van der Waals surface area contributed by atoms with E-state index in [0.717, 1.165) is 31.2 Å². The van der Waals surface area contributed by atoms with Crippen molar-refractivity contribution in [3.8, 4) is 17.6 Å². The van der Waals surface area contributed by atoms with E-state index < -0.39 is 0 Å². The Bertz CT molecular complexity index is 1430. The first-order chi connectivity index (χ1) is 19.3. The van der Waals surface area contributed by atoms with Gasteiger partial charge in [-0.05, 0) is 55.0 Å². The molecular formula is C30H36N4O4S2. The molecule has 0 aliphatic carbocycles. The third kappa shape index (κ3) is 6.21. The first kappa shape index (κ1) is 29.7. The smallest absolute Gasteiger partial charge is 0.270 e. The first-order valence-corrected chi connectivity index (χ1v) is 15.1. The Kier molecular flexibility index (Phi) is 9.93. The maximum atomic E-state index is 13.6. The van der Waals surface area contributed by atoms with Crippen molar-refractivity contribution in [1.82, 2.24) is 9.47 Å². The predicted molar refractivity (Wildman–Crippen MR) is 164 cm³/mol. The maximum absolute atomic E-state index is 13.6. The second kappa shape index (κ2) is 13.4. The number of ether oxygens (including phenoxy) is 2. The van der Waals surface area contributed by atoms with Gasteiger partial charge in [-0.15, -0.1) is 0 Å². The highest BCUT2D eigenvalue weighted by Crippen LogP contribution is 2.37. The number of pyridine rings is 1. The minimum Gasteiger partial charge on any atom is -0.454 e. The number of rotatable bonds is 12. The van der Waals surface area contributed by atoms with E-state index in [0.29, 0.717) is 69.6 Å². The Labute approximate surface area is 245 Å². The highest BCUT2D eigenvalue weighted by atomic mass is 32.2. The van der Waals surface area contributed by atoms with Gasteiger partial charge in [-0.25, -0.2) is 0 Å². The predicted octanol–water partition coefficient (Wildman–Crippen LogP) is 6.20. The molecule has 1 N–H and O–H groups in total. The zero-order valence-corrected chi connectivity index (χ0v) is 25.2. The highest BCUT2D eigenvalue weighted by Gasteiger charge is 2.34. The molecule has 1 fully saturated rings. The van der Waals surface area contributed by atoms with Crippen LogP contribution in [0.2, 0.25) is 0 Å². The van der Waals surface area contributed by atoms with Gasteiger partial charge >= 0.3 is 0 Å². The fourth-order valence-corrected chi connectivity index (χ4v) is 6.25. The van der Waals surface area contributed by atoms with Crippen molar-refractivity contribution in [2.75, 3.05) is 18.7 Å². The zero-order valence-electron chi connectivity index (χ0n) is 23.5. The van der Waals surface area contributed by atoms with Crippen LogP contribution in [0.3, 0.4) is 0 Å². The lowest BCUT2D eigenvalue weighted by atomic mass is 9.99.